The molecule has 1 atom stereocenters. The molecule has 0 N–H and O–H groups in total. The van der Waals surface area contributed by atoms with E-state index < -0.39 is 0 Å². The van der Waals surface area contributed by atoms with Crippen LogP contribution in [0.3, 0.4) is 0 Å². The van der Waals surface area contributed by atoms with Crippen LogP contribution in [-0.4, -0.2) is 33.1 Å². The second kappa shape index (κ2) is 6.30. The summed E-state index contributed by atoms with van der Waals surface area (Å²) in [6.45, 7) is 3.97. The minimum Gasteiger partial charge on any atom is -0.364 e. The molecular weight excluding hydrogens is 349 g/mol. The molecule has 2 aromatic heterocycles. The van der Waals surface area contributed by atoms with Gasteiger partial charge in [0.15, 0.2) is 0 Å². The minimum absolute atomic E-state index is 0.172. The number of hydrogen-bond donors (Lipinski definition) is 0. The summed E-state index contributed by atoms with van der Waals surface area (Å²) in [5, 5.41) is 4.26. The van der Waals surface area contributed by atoms with Crippen molar-refractivity contribution >= 4 is 11.3 Å². The summed E-state index contributed by atoms with van der Waals surface area (Å²) in [7, 11) is 0. The van der Waals surface area contributed by atoms with Gasteiger partial charge in [0.1, 0.15) is 23.8 Å². The van der Waals surface area contributed by atoms with Gasteiger partial charge in [-0.15, -0.1) is 0 Å². The first-order valence-corrected chi connectivity index (χ1v) is 9.83. The summed E-state index contributed by atoms with van der Waals surface area (Å²) >= 11 is 1.70. The maximum absolute atomic E-state index is 13.4. The number of halogens is 1. The van der Waals surface area contributed by atoms with Gasteiger partial charge in [0.05, 0.1) is 18.4 Å². The van der Waals surface area contributed by atoms with E-state index in [9.17, 15) is 4.39 Å². The van der Waals surface area contributed by atoms with E-state index in [0.717, 1.165) is 44.0 Å². The molecule has 6 heteroatoms. The Morgan fingerprint density at radius 3 is 3.08 bits per heavy atom. The van der Waals surface area contributed by atoms with Crippen LogP contribution in [0.4, 0.5) is 4.39 Å². The van der Waals surface area contributed by atoms with E-state index in [1.807, 2.05) is 12.3 Å². The molecule has 0 radical (unpaired) electrons. The molecule has 4 heterocycles. The molecule has 5 rings (SSSR count). The Kier molecular flexibility index (Phi) is 3.92. The molecule has 1 aromatic carbocycles. The van der Waals surface area contributed by atoms with Crippen LogP contribution >= 0.6 is 11.3 Å². The smallest absolute Gasteiger partial charge is 0.135 e. The summed E-state index contributed by atoms with van der Waals surface area (Å²) in [5.41, 5.74) is 3.24. The van der Waals surface area contributed by atoms with E-state index in [1.165, 1.54) is 17.3 Å². The molecule has 0 amide bonds. The monoisotopic (exact) mass is 369 g/mol. The van der Waals surface area contributed by atoms with Gasteiger partial charge in [0.2, 0.25) is 0 Å². The zero-order valence-electron chi connectivity index (χ0n) is 14.4. The first kappa shape index (κ1) is 16.2. The lowest BCUT2D eigenvalue weighted by atomic mass is 10.0. The number of fused-ring (bicyclic) bond motifs is 1. The van der Waals surface area contributed by atoms with Crippen molar-refractivity contribution in [3.05, 3.63) is 64.5 Å². The molecule has 0 bridgehead atoms. The molecule has 134 valence electrons. The number of rotatable bonds is 3. The van der Waals surface area contributed by atoms with Crippen LogP contribution in [0.2, 0.25) is 0 Å². The van der Waals surface area contributed by atoms with Crippen LogP contribution in [0, 0.1) is 5.82 Å². The Morgan fingerprint density at radius 1 is 1.27 bits per heavy atom. The van der Waals surface area contributed by atoms with Gasteiger partial charge >= 0.3 is 0 Å². The molecule has 2 aliphatic heterocycles. The van der Waals surface area contributed by atoms with E-state index in [1.54, 1.807) is 23.5 Å². The van der Waals surface area contributed by atoms with Crippen molar-refractivity contribution in [1.82, 2.24) is 14.5 Å². The van der Waals surface area contributed by atoms with Gasteiger partial charge in [-0.25, -0.2) is 9.37 Å². The van der Waals surface area contributed by atoms with Gasteiger partial charge in [-0.3, -0.25) is 4.90 Å². The lowest BCUT2D eigenvalue weighted by Gasteiger charge is -2.35. The van der Waals surface area contributed by atoms with Crippen LogP contribution in [0.25, 0.3) is 11.3 Å². The average Bonchev–Trinajstić information content (AvgIpc) is 3.35. The quantitative estimate of drug-likeness (QED) is 0.701. The van der Waals surface area contributed by atoms with Gasteiger partial charge in [-0.2, -0.15) is 11.3 Å². The number of imidazole rings is 1. The van der Waals surface area contributed by atoms with Crippen LogP contribution in [0.5, 0.6) is 0 Å². The Morgan fingerprint density at radius 2 is 2.23 bits per heavy atom. The standard InChI is InChI=1S/C20H20FN3OS/c21-17-3-1-2-15(8-17)10-23-6-5-20(13-23)14-24-18(16-4-7-26-12-16)9-22-19(24)11-25-20/h1-4,7-9,12H,5-6,10-11,13-14H2/t20-/m0/s1. The summed E-state index contributed by atoms with van der Waals surface area (Å²) in [6.07, 6.45) is 2.95. The van der Waals surface area contributed by atoms with Crippen LogP contribution in [0.1, 0.15) is 17.8 Å². The molecule has 1 saturated heterocycles. The van der Waals surface area contributed by atoms with Crippen molar-refractivity contribution < 1.29 is 9.13 Å². The Hall–Kier alpha value is -2.02. The predicted molar refractivity (Wildman–Crippen MR) is 99.4 cm³/mol. The first-order valence-electron chi connectivity index (χ1n) is 8.89. The highest BCUT2D eigenvalue weighted by Gasteiger charge is 2.43. The molecule has 0 unspecified atom stereocenters. The Bertz CT molecular complexity index is 923. The highest BCUT2D eigenvalue weighted by molar-refractivity contribution is 7.08. The van der Waals surface area contributed by atoms with Gasteiger partial charge in [-0.1, -0.05) is 12.1 Å². The zero-order chi connectivity index (χ0) is 17.6. The molecule has 1 spiro atoms. The number of aromatic nitrogens is 2. The summed E-state index contributed by atoms with van der Waals surface area (Å²) in [5.74, 6) is 0.828. The molecule has 0 aliphatic carbocycles. The van der Waals surface area contributed by atoms with Crippen LogP contribution in [0.15, 0.2) is 47.3 Å². The van der Waals surface area contributed by atoms with Gasteiger partial charge in [-0.05, 0) is 35.6 Å². The lowest BCUT2D eigenvalue weighted by molar-refractivity contribution is -0.0821. The molecule has 3 aromatic rings. The predicted octanol–water partition coefficient (Wildman–Crippen LogP) is 3.93. The Balaban J connectivity index is 1.35. The fraction of sp³-hybridized carbons (Fsp3) is 0.350. The van der Waals surface area contributed by atoms with Crippen LogP contribution < -0.4 is 0 Å². The van der Waals surface area contributed by atoms with Crippen molar-refractivity contribution in [2.75, 3.05) is 13.1 Å². The highest BCUT2D eigenvalue weighted by Crippen LogP contribution is 2.36. The van der Waals surface area contributed by atoms with Gasteiger partial charge < -0.3 is 9.30 Å². The fourth-order valence-corrected chi connectivity index (χ4v) is 4.75. The maximum atomic E-state index is 13.4. The van der Waals surface area contributed by atoms with E-state index in [0.29, 0.717) is 6.61 Å². The second-order valence-electron chi connectivity index (χ2n) is 7.22. The maximum Gasteiger partial charge on any atom is 0.135 e. The first-order chi connectivity index (χ1) is 12.7. The van der Waals surface area contributed by atoms with Gasteiger partial charge in [0.25, 0.3) is 0 Å². The lowest BCUT2D eigenvalue weighted by Crippen LogP contribution is -2.44. The summed E-state index contributed by atoms with van der Waals surface area (Å²) in [4.78, 5) is 6.91. The topological polar surface area (TPSA) is 30.3 Å². The third kappa shape index (κ3) is 2.88. The van der Waals surface area contributed by atoms with E-state index in [2.05, 4.69) is 31.3 Å². The summed E-state index contributed by atoms with van der Waals surface area (Å²) in [6, 6.07) is 9.01. The number of nitrogens with zero attached hydrogens (tertiary/aromatic N) is 3. The van der Waals surface area contributed by atoms with E-state index >= 15 is 0 Å². The van der Waals surface area contributed by atoms with Crippen molar-refractivity contribution in [2.45, 2.75) is 31.7 Å². The molecule has 2 aliphatic rings. The zero-order valence-corrected chi connectivity index (χ0v) is 15.2. The highest BCUT2D eigenvalue weighted by atomic mass is 32.1. The Labute approximate surface area is 155 Å². The van der Waals surface area contributed by atoms with Crippen LogP contribution in [-0.2, 0) is 24.4 Å². The van der Waals surface area contributed by atoms with Crippen molar-refractivity contribution in [3.8, 4) is 11.3 Å². The van der Waals surface area contributed by atoms with E-state index in [4.69, 9.17) is 4.74 Å². The van der Waals surface area contributed by atoms with Crippen molar-refractivity contribution in [2.24, 2.45) is 0 Å². The number of hydrogen-bond acceptors (Lipinski definition) is 4. The van der Waals surface area contributed by atoms with Crippen molar-refractivity contribution in [3.63, 3.8) is 0 Å². The molecule has 1 fully saturated rings. The fourth-order valence-electron chi connectivity index (χ4n) is 4.10. The SMILES string of the molecule is Fc1cccc(CN2CC[C@]3(C2)Cn2c(-c4ccsc4)cnc2CO3)c1. The molecule has 0 saturated carbocycles. The number of likely N-dealkylation sites (tertiary alicyclic amines) is 1. The number of ether oxygens (including phenoxy) is 1. The van der Waals surface area contributed by atoms with Gasteiger partial charge in [0, 0.05) is 30.6 Å². The number of thiophene rings is 1. The minimum atomic E-state index is -0.175. The molecular formula is C20H20FN3OS. The third-order valence-electron chi connectivity index (χ3n) is 5.40. The second-order valence-corrected chi connectivity index (χ2v) is 8.00. The molecule has 4 nitrogen and oxygen atoms in total. The average molecular weight is 369 g/mol. The normalized spacial score (nSPS) is 22.8. The number of benzene rings is 1. The largest absolute Gasteiger partial charge is 0.364 e. The summed E-state index contributed by atoms with van der Waals surface area (Å²) < 4.78 is 22.0. The third-order valence-corrected chi connectivity index (χ3v) is 6.08. The van der Waals surface area contributed by atoms with E-state index in [-0.39, 0.29) is 11.4 Å². The van der Waals surface area contributed by atoms with Crippen molar-refractivity contribution in [1.29, 1.82) is 0 Å². The molecule has 26 heavy (non-hydrogen) atoms.